The van der Waals surface area contributed by atoms with Crippen molar-refractivity contribution in [1.82, 2.24) is 0 Å². The molecule has 0 fully saturated rings. The summed E-state index contributed by atoms with van der Waals surface area (Å²) in [7, 11) is 0. The van der Waals surface area contributed by atoms with Crippen LogP contribution in [0.4, 0.5) is 17.1 Å². The van der Waals surface area contributed by atoms with Crippen LogP contribution in [0.3, 0.4) is 0 Å². The fourth-order valence-electron chi connectivity index (χ4n) is 7.56. The average molecular weight is 646 g/mol. The van der Waals surface area contributed by atoms with Gasteiger partial charge in [-0.3, -0.25) is 0 Å². The molecule has 1 nitrogen and oxygen atoms in total. The first-order chi connectivity index (χ1) is 24.0. The van der Waals surface area contributed by atoms with Gasteiger partial charge in [0.1, 0.15) is 0 Å². The van der Waals surface area contributed by atoms with Crippen molar-refractivity contribution in [2.75, 3.05) is 4.90 Å². The number of benzene rings is 7. The zero-order valence-corrected chi connectivity index (χ0v) is 28.4. The monoisotopic (exact) mass is 645 g/mol. The smallest absolute Gasteiger partial charge is 0.0462 e. The fraction of sp³-hybridized carbons (Fsp3) is 0.0638. The van der Waals surface area contributed by atoms with Crippen LogP contribution in [0.5, 0.6) is 0 Å². The number of hydrogen-bond acceptors (Lipinski definition) is 2. The molecule has 234 valence electrons. The molecule has 0 saturated carbocycles. The Morgan fingerprint density at radius 1 is 0.429 bits per heavy atom. The summed E-state index contributed by atoms with van der Waals surface area (Å²) in [6, 6.07) is 63.9. The minimum absolute atomic E-state index is 0.0146. The van der Waals surface area contributed by atoms with Crippen LogP contribution >= 0.6 is 11.3 Å². The molecule has 9 rings (SSSR count). The molecule has 0 atom stereocenters. The SMILES string of the molecule is CC1(C)c2ccc(-c3ccc(N(c4ccc(-c5ccccc5)cc4)c4ccc(-c5ccccc5)cc4)cc3)cc2-c2sc3ccccc3c21. The molecular formula is C47H35NS. The average Bonchev–Trinajstić information content (AvgIpc) is 3.66. The molecule has 1 heterocycles. The van der Waals surface area contributed by atoms with Crippen molar-refractivity contribution >= 4 is 38.5 Å². The summed E-state index contributed by atoms with van der Waals surface area (Å²) in [5.41, 5.74) is 14.9. The molecule has 7 aromatic carbocycles. The van der Waals surface area contributed by atoms with Gasteiger partial charge < -0.3 is 4.90 Å². The third-order valence-corrected chi connectivity index (χ3v) is 11.3. The first-order valence-corrected chi connectivity index (χ1v) is 17.7. The van der Waals surface area contributed by atoms with Crippen LogP contribution in [0.15, 0.2) is 176 Å². The second-order valence-electron chi connectivity index (χ2n) is 13.4. The van der Waals surface area contributed by atoms with E-state index in [0.29, 0.717) is 0 Å². The molecule has 0 radical (unpaired) electrons. The molecular weight excluding hydrogens is 611 g/mol. The first kappa shape index (κ1) is 29.4. The number of anilines is 3. The highest BCUT2D eigenvalue weighted by Gasteiger charge is 2.38. The molecule has 8 aromatic rings. The molecule has 1 aliphatic carbocycles. The van der Waals surface area contributed by atoms with Gasteiger partial charge in [0.2, 0.25) is 0 Å². The summed E-state index contributed by atoms with van der Waals surface area (Å²) in [6.07, 6.45) is 0. The standard InChI is InChI=1S/C47H35NS/c1-47(2)43-30-23-37(31-42(43)46-45(47)41-15-9-10-16-44(41)49-46)36-21-28-40(29-22-36)48(38-24-17-34(18-25-38)32-11-5-3-6-12-32)39-26-19-35(20-27-39)33-13-7-4-8-14-33/h3-31H,1-2H3. The fourth-order valence-corrected chi connectivity index (χ4v) is 8.96. The molecule has 1 aliphatic rings. The summed E-state index contributed by atoms with van der Waals surface area (Å²) < 4.78 is 1.37. The molecule has 0 N–H and O–H groups in total. The van der Waals surface area contributed by atoms with Gasteiger partial charge in [0.15, 0.2) is 0 Å². The maximum Gasteiger partial charge on any atom is 0.0462 e. The van der Waals surface area contributed by atoms with Crippen LogP contribution in [0, 0.1) is 0 Å². The molecule has 0 bridgehead atoms. The molecule has 0 saturated heterocycles. The quantitative estimate of drug-likeness (QED) is 0.174. The molecule has 1 aromatic heterocycles. The van der Waals surface area contributed by atoms with Gasteiger partial charge in [0.25, 0.3) is 0 Å². The Bertz CT molecular complexity index is 2340. The molecule has 0 aliphatic heterocycles. The van der Waals surface area contributed by atoms with E-state index in [4.69, 9.17) is 0 Å². The van der Waals surface area contributed by atoms with E-state index in [0.717, 1.165) is 17.1 Å². The van der Waals surface area contributed by atoms with Crippen LogP contribution < -0.4 is 4.90 Å². The highest BCUT2D eigenvalue weighted by molar-refractivity contribution is 7.22. The lowest BCUT2D eigenvalue weighted by Gasteiger charge is -2.26. The van der Waals surface area contributed by atoms with Crippen LogP contribution in [0.2, 0.25) is 0 Å². The van der Waals surface area contributed by atoms with Crippen molar-refractivity contribution in [3.8, 4) is 43.8 Å². The summed E-state index contributed by atoms with van der Waals surface area (Å²) in [5, 5.41) is 1.39. The summed E-state index contributed by atoms with van der Waals surface area (Å²) >= 11 is 1.93. The Kier molecular flexibility index (Phi) is 7.07. The Balaban J connectivity index is 1.09. The Hall–Kier alpha value is -5.70. The highest BCUT2D eigenvalue weighted by atomic mass is 32.1. The predicted octanol–water partition coefficient (Wildman–Crippen LogP) is 13.7. The number of hydrogen-bond donors (Lipinski definition) is 0. The lowest BCUT2D eigenvalue weighted by atomic mass is 9.81. The van der Waals surface area contributed by atoms with Crippen LogP contribution in [0.25, 0.3) is 53.9 Å². The summed E-state index contributed by atoms with van der Waals surface area (Å²) in [5.74, 6) is 0. The van der Waals surface area contributed by atoms with E-state index >= 15 is 0 Å². The highest BCUT2D eigenvalue weighted by Crippen LogP contribution is 2.56. The van der Waals surface area contributed by atoms with E-state index in [-0.39, 0.29) is 5.41 Å². The van der Waals surface area contributed by atoms with E-state index in [2.05, 4.69) is 195 Å². The number of thiophene rings is 1. The van der Waals surface area contributed by atoms with Crippen molar-refractivity contribution < 1.29 is 0 Å². The first-order valence-electron chi connectivity index (χ1n) is 16.9. The number of fused-ring (bicyclic) bond motifs is 5. The zero-order chi connectivity index (χ0) is 33.0. The normalized spacial score (nSPS) is 12.9. The Labute approximate surface area is 292 Å². The van der Waals surface area contributed by atoms with Gasteiger partial charge in [-0.25, -0.2) is 0 Å². The third kappa shape index (κ3) is 5.08. The molecule has 2 heteroatoms. The minimum atomic E-state index is -0.0146. The minimum Gasteiger partial charge on any atom is -0.311 e. The van der Waals surface area contributed by atoms with E-state index in [1.54, 1.807) is 0 Å². The Morgan fingerprint density at radius 2 is 0.857 bits per heavy atom. The maximum atomic E-state index is 2.41. The summed E-state index contributed by atoms with van der Waals surface area (Å²) in [4.78, 5) is 3.77. The van der Waals surface area contributed by atoms with Gasteiger partial charge in [-0.2, -0.15) is 0 Å². The van der Waals surface area contributed by atoms with Crippen LogP contribution in [-0.4, -0.2) is 0 Å². The van der Waals surface area contributed by atoms with E-state index in [1.165, 1.54) is 65.0 Å². The topological polar surface area (TPSA) is 3.24 Å². The third-order valence-electron chi connectivity index (χ3n) is 10.1. The zero-order valence-electron chi connectivity index (χ0n) is 27.6. The van der Waals surface area contributed by atoms with Crippen molar-refractivity contribution in [1.29, 1.82) is 0 Å². The van der Waals surface area contributed by atoms with Crippen LogP contribution in [0.1, 0.15) is 25.0 Å². The van der Waals surface area contributed by atoms with Gasteiger partial charge in [-0.05, 0) is 104 Å². The maximum absolute atomic E-state index is 2.41. The summed E-state index contributed by atoms with van der Waals surface area (Å²) in [6.45, 7) is 4.75. The second-order valence-corrected chi connectivity index (χ2v) is 14.4. The number of nitrogens with zero attached hydrogens (tertiary/aromatic N) is 1. The van der Waals surface area contributed by atoms with Crippen molar-refractivity contribution in [2.24, 2.45) is 0 Å². The van der Waals surface area contributed by atoms with Gasteiger partial charge >= 0.3 is 0 Å². The van der Waals surface area contributed by atoms with Crippen molar-refractivity contribution in [3.05, 3.63) is 187 Å². The Morgan fingerprint density at radius 3 is 1.39 bits per heavy atom. The largest absolute Gasteiger partial charge is 0.311 e. The van der Waals surface area contributed by atoms with Crippen molar-refractivity contribution in [2.45, 2.75) is 19.3 Å². The van der Waals surface area contributed by atoms with E-state index in [9.17, 15) is 0 Å². The molecule has 0 unspecified atom stereocenters. The van der Waals surface area contributed by atoms with Gasteiger partial charge in [-0.15, -0.1) is 11.3 Å². The lowest BCUT2D eigenvalue weighted by molar-refractivity contribution is 0.667. The van der Waals surface area contributed by atoms with Gasteiger partial charge in [-0.1, -0.05) is 141 Å². The van der Waals surface area contributed by atoms with E-state index in [1.807, 2.05) is 11.3 Å². The lowest BCUT2D eigenvalue weighted by Crippen LogP contribution is -2.14. The van der Waals surface area contributed by atoms with Gasteiger partial charge in [0, 0.05) is 32.1 Å². The molecule has 0 amide bonds. The molecule has 49 heavy (non-hydrogen) atoms. The number of rotatable bonds is 6. The molecule has 0 spiro atoms. The predicted molar refractivity (Wildman–Crippen MR) is 210 cm³/mol. The second kappa shape index (κ2) is 11.8. The van der Waals surface area contributed by atoms with E-state index < -0.39 is 0 Å². The van der Waals surface area contributed by atoms with Crippen molar-refractivity contribution in [3.63, 3.8) is 0 Å². The van der Waals surface area contributed by atoms with Gasteiger partial charge in [0.05, 0.1) is 0 Å². The van der Waals surface area contributed by atoms with Crippen LogP contribution in [-0.2, 0) is 5.41 Å².